The first-order valence-corrected chi connectivity index (χ1v) is 4.42. The van der Waals surface area contributed by atoms with Crippen LogP contribution in [-0.4, -0.2) is 28.0 Å². The number of benzene rings is 1. The number of hydrogen-bond donors (Lipinski definition) is 2. The van der Waals surface area contributed by atoms with Crippen LogP contribution in [-0.2, 0) is 9.63 Å². The summed E-state index contributed by atoms with van der Waals surface area (Å²) >= 11 is 0. The molecule has 1 heterocycles. The fraction of sp³-hybridized carbons (Fsp3) is 0.200. The van der Waals surface area contributed by atoms with Crippen LogP contribution in [0.15, 0.2) is 29.4 Å². The molecule has 0 aromatic heterocycles. The van der Waals surface area contributed by atoms with Gasteiger partial charge in [0.2, 0.25) is 6.10 Å². The summed E-state index contributed by atoms with van der Waals surface area (Å²) in [7, 11) is 0. The SMILES string of the molecule is O=C(O)C1CC(c2cccc(O)c2)=NO1. The van der Waals surface area contributed by atoms with E-state index < -0.39 is 12.1 Å². The van der Waals surface area contributed by atoms with Crippen LogP contribution in [0, 0.1) is 0 Å². The Morgan fingerprint density at radius 1 is 1.53 bits per heavy atom. The first-order chi connectivity index (χ1) is 7.16. The fourth-order valence-corrected chi connectivity index (χ4v) is 1.37. The van der Waals surface area contributed by atoms with Crippen LogP contribution in [0.3, 0.4) is 0 Å². The molecule has 0 amide bonds. The van der Waals surface area contributed by atoms with Gasteiger partial charge in [0.1, 0.15) is 5.75 Å². The Balaban J connectivity index is 2.17. The molecule has 0 aliphatic carbocycles. The van der Waals surface area contributed by atoms with Crippen LogP contribution in [0.5, 0.6) is 5.75 Å². The number of rotatable bonds is 2. The largest absolute Gasteiger partial charge is 0.508 e. The average Bonchev–Trinajstić information content (AvgIpc) is 2.66. The molecule has 78 valence electrons. The molecule has 1 aromatic carbocycles. The number of phenolic OH excluding ortho intramolecular Hbond substituents is 1. The number of aliphatic carboxylic acids is 1. The van der Waals surface area contributed by atoms with Crippen molar-refractivity contribution < 1.29 is 19.8 Å². The molecule has 15 heavy (non-hydrogen) atoms. The van der Waals surface area contributed by atoms with Gasteiger partial charge in [0.15, 0.2) is 0 Å². The van der Waals surface area contributed by atoms with Crippen molar-refractivity contribution in [3.63, 3.8) is 0 Å². The van der Waals surface area contributed by atoms with Crippen molar-refractivity contribution in [2.45, 2.75) is 12.5 Å². The molecule has 1 aliphatic rings. The van der Waals surface area contributed by atoms with Gasteiger partial charge in [-0.25, -0.2) is 4.79 Å². The molecule has 1 aromatic rings. The molecule has 2 N–H and O–H groups in total. The number of hydrogen-bond acceptors (Lipinski definition) is 4. The summed E-state index contributed by atoms with van der Waals surface area (Å²) in [6.45, 7) is 0. The zero-order valence-corrected chi connectivity index (χ0v) is 7.75. The monoisotopic (exact) mass is 207 g/mol. The molecule has 0 spiro atoms. The summed E-state index contributed by atoms with van der Waals surface area (Å²) in [6.07, 6.45) is -0.693. The van der Waals surface area contributed by atoms with Gasteiger partial charge in [0.25, 0.3) is 0 Å². The highest BCUT2D eigenvalue weighted by molar-refractivity contribution is 6.03. The third kappa shape index (κ3) is 1.90. The molecule has 1 unspecified atom stereocenters. The van der Waals surface area contributed by atoms with Crippen molar-refractivity contribution >= 4 is 11.7 Å². The first-order valence-electron chi connectivity index (χ1n) is 4.42. The van der Waals surface area contributed by atoms with Gasteiger partial charge in [0, 0.05) is 12.0 Å². The van der Waals surface area contributed by atoms with E-state index in [2.05, 4.69) is 5.16 Å². The van der Waals surface area contributed by atoms with Crippen molar-refractivity contribution in [1.29, 1.82) is 0 Å². The number of carboxylic acids is 1. The Morgan fingerprint density at radius 2 is 2.33 bits per heavy atom. The van der Waals surface area contributed by atoms with Gasteiger partial charge in [-0.15, -0.1) is 0 Å². The lowest BCUT2D eigenvalue weighted by molar-refractivity contribution is -0.148. The summed E-state index contributed by atoms with van der Waals surface area (Å²) in [5, 5.41) is 21.6. The van der Waals surface area contributed by atoms with E-state index in [1.54, 1.807) is 12.1 Å². The third-order valence-electron chi connectivity index (χ3n) is 2.12. The van der Waals surface area contributed by atoms with E-state index in [1.165, 1.54) is 12.1 Å². The molecule has 5 nitrogen and oxygen atoms in total. The minimum absolute atomic E-state index is 0.119. The summed E-state index contributed by atoms with van der Waals surface area (Å²) in [6, 6.07) is 6.47. The lowest BCUT2D eigenvalue weighted by Gasteiger charge is -2.00. The van der Waals surface area contributed by atoms with Crippen LogP contribution >= 0.6 is 0 Å². The molecule has 1 aliphatic heterocycles. The quantitative estimate of drug-likeness (QED) is 0.757. The van der Waals surface area contributed by atoms with Crippen molar-refractivity contribution in [3.8, 4) is 5.75 Å². The Bertz CT molecular complexity index is 427. The summed E-state index contributed by atoms with van der Waals surface area (Å²) in [4.78, 5) is 15.3. The van der Waals surface area contributed by atoms with Crippen molar-refractivity contribution in [2.24, 2.45) is 5.16 Å². The molecular weight excluding hydrogens is 198 g/mol. The molecule has 0 fully saturated rings. The second kappa shape index (κ2) is 3.61. The fourth-order valence-electron chi connectivity index (χ4n) is 1.37. The highest BCUT2D eigenvalue weighted by Gasteiger charge is 2.28. The smallest absolute Gasteiger partial charge is 0.348 e. The third-order valence-corrected chi connectivity index (χ3v) is 2.12. The van der Waals surface area contributed by atoms with Gasteiger partial charge in [-0.05, 0) is 12.1 Å². The van der Waals surface area contributed by atoms with Crippen LogP contribution in [0.4, 0.5) is 0 Å². The predicted molar refractivity (Wildman–Crippen MR) is 51.8 cm³/mol. The Morgan fingerprint density at radius 3 is 2.93 bits per heavy atom. The molecule has 1 atom stereocenters. The maximum Gasteiger partial charge on any atom is 0.348 e. The lowest BCUT2D eigenvalue weighted by atomic mass is 10.1. The Labute approximate surface area is 85.6 Å². The number of nitrogens with zero attached hydrogens (tertiary/aromatic N) is 1. The zero-order valence-electron chi connectivity index (χ0n) is 7.75. The highest BCUT2D eigenvalue weighted by Crippen LogP contribution is 2.19. The maximum atomic E-state index is 10.6. The van der Waals surface area contributed by atoms with Gasteiger partial charge >= 0.3 is 5.97 Å². The van der Waals surface area contributed by atoms with Crippen LogP contribution < -0.4 is 0 Å². The number of oxime groups is 1. The van der Waals surface area contributed by atoms with Crippen molar-refractivity contribution in [3.05, 3.63) is 29.8 Å². The molecule has 0 bridgehead atoms. The van der Waals surface area contributed by atoms with E-state index in [4.69, 9.17) is 9.94 Å². The van der Waals surface area contributed by atoms with E-state index >= 15 is 0 Å². The van der Waals surface area contributed by atoms with Gasteiger partial charge in [0.05, 0.1) is 5.71 Å². The number of phenols is 1. The average molecular weight is 207 g/mol. The normalized spacial score (nSPS) is 19.5. The molecule has 0 radical (unpaired) electrons. The molecule has 2 rings (SSSR count). The minimum Gasteiger partial charge on any atom is -0.508 e. The van der Waals surface area contributed by atoms with Crippen LogP contribution in [0.2, 0.25) is 0 Å². The van der Waals surface area contributed by atoms with E-state index in [9.17, 15) is 9.90 Å². The molecule has 0 saturated carbocycles. The summed E-state index contributed by atoms with van der Waals surface area (Å²) < 4.78 is 0. The second-order valence-corrected chi connectivity index (χ2v) is 3.22. The van der Waals surface area contributed by atoms with Crippen LogP contribution in [0.25, 0.3) is 0 Å². The number of aromatic hydroxyl groups is 1. The van der Waals surface area contributed by atoms with Gasteiger partial charge in [-0.1, -0.05) is 17.3 Å². The van der Waals surface area contributed by atoms with Crippen molar-refractivity contribution in [1.82, 2.24) is 0 Å². The zero-order chi connectivity index (χ0) is 10.8. The predicted octanol–water partition coefficient (Wildman–Crippen LogP) is 0.970. The number of carbonyl (C=O) groups is 1. The van der Waals surface area contributed by atoms with Crippen molar-refractivity contribution in [2.75, 3.05) is 0 Å². The van der Waals surface area contributed by atoms with E-state index in [0.29, 0.717) is 11.3 Å². The Kier molecular flexibility index (Phi) is 2.29. The summed E-state index contributed by atoms with van der Waals surface area (Å²) in [5.74, 6) is -0.914. The van der Waals surface area contributed by atoms with Gasteiger partial charge in [-0.2, -0.15) is 0 Å². The summed E-state index contributed by atoms with van der Waals surface area (Å²) in [5.41, 5.74) is 1.22. The van der Waals surface area contributed by atoms with Gasteiger partial charge in [-0.3, -0.25) is 0 Å². The van der Waals surface area contributed by atoms with E-state index in [1.807, 2.05) is 0 Å². The maximum absolute atomic E-state index is 10.6. The first kappa shape index (κ1) is 9.51. The standard InChI is InChI=1S/C10H9NO4/c12-7-3-1-2-6(4-7)8-5-9(10(13)14)15-11-8/h1-4,9,12H,5H2,(H,13,14). The van der Waals surface area contributed by atoms with E-state index in [-0.39, 0.29) is 12.2 Å². The van der Waals surface area contributed by atoms with E-state index in [0.717, 1.165) is 0 Å². The topological polar surface area (TPSA) is 79.1 Å². The highest BCUT2D eigenvalue weighted by atomic mass is 16.7. The van der Waals surface area contributed by atoms with Crippen LogP contribution in [0.1, 0.15) is 12.0 Å². The Hall–Kier alpha value is -2.04. The molecule has 0 saturated heterocycles. The molecule has 5 heteroatoms. The second-order valence-electron chi connectivity index (χ2n) is 3.22. The van der Waals surface area contributed by atoms with Gasteiger partial charge < -0.3 is 15.1 Å². The number of carboxylic acid groups (broad SMARTS) is 1. The minimum atomic E-state index is -1.03. The lowest BCUT2D eigenvalue weighted by Crippen LogP contribution is -2.19. The molecular formula is C10H9NO4.